The molecule has 5 aliphatic rings. The Morgan fingerprint density at radius 2 is 1.68 bits per heavy atom. The van der Waals surface area contributed by atoms with Crippen LogP contribution in [0.4, 0.5) is 0 Å². The van der Waals surface area contributed by atoms with Crippen LogP contribution in [-0.2, 0) is 28.7 Å². The number of ether oxygens (including phenoxy) is 1. The van der Waals surface area contributed by atoms with Gasteiger partial charge in [-0.2, -0.15) is 0 Å². The van der Waals surface area contributed by atoms with Crippen molar-refractivity contribution in [3.05, 3.63) is 12.2 Å². The van der Waals surface area contributed by atoms with Crippen molar-refractivity contribution in [1.82, 2.24) is 5.32 Å². The lowest BCUT2D eigenvalue weighted by molar-refractivity contribution is -0.171. The second-order valence-corrected chi connectivity index (χ2v) is 12.1. The monoisotopic (exact) mass is 517 g/mol. The highest BCUT2D eigenvalue weighted by Gasteiger charge is 2.62. The maximum atomic E-state index is 13.3. The number of fused-ring (bicyclic) bond motifs is 5. The van der Waals surface area contributed by atoms with E-state index in [0.717, 1.165) is 45.1 Å². The second-order valence-electron chi connectivity index (χ2n) is 12.1. The van der Waals surface area contributed by atoms with E-state index >= 15 is 0 Å². The quantitative estimate of drug-likeness (QED) is 0.378. The number of nitrogens with one attached hydrogen (secondary N) is 1. The zero-order chi connectivity index (χ0) is 27.0. The van der Waals surface area contributed by atoms with Crippen molar-refractivity contribution < 1.29 is 38.9 Å². The van der Waals surface area contributed by atoms with Crippen molar-refractivity contribution in [2.45, 2.75) is 77.7 Å². The van der Waals surface area contributed by atoms with Crippen molar-refractivity contribution in [3.8, 4) is 0 Å². The normalized spacial score (nSPS) is 40.7. The fourth-order valence-electron chi connectivity index (χ4n) is 8.14. The van der Waals surface area contributed by atoms with Crippen LogP contribution in [0.25, 0.3) is 0 Å². The molecule has 8 atom stereocenters. The average molecular weight is 518 g/mol. The van der Waals surface area contributed by atoms with Crippen LogP contribution in [0.2, 0.25) is 0 Å². The predicted octanol–water partition coefficient (Wildman–Crippen LogP) is 3.01. The summed E-state index contributed by atoms with van der Waals surface area (Å²) in [6, 6.07) is 0. The van der Waals surface area contributed by atoms with Gasteiger partial charge in [0.15, 0.2) is 0 Å². The Labute approximate surface area is 217 Å². The molecule has 5 fully saturated rings. The summed E-state index contributed by atoms with van der Waals surface area (Å²) in [6.45, 7) is 6.09. The first-order chi connectivity index (χ1) is 17.5. The smallest absolute Gasteiger partial charge is 0.328 e. The van der Waals surface area contributed by atoms with Crippen molar-refractivity contribution in [3.63, 3.8) is 0 Å². The third-order valence-corrected chi connectivity index (χ3v) is 10.2. The van der Waals surface area contributed by atoms with E-state index in [2.05, 4.69) is 19.2 Å². The third kappa shape index (κ3) is 5.38. The summed E-state index contributed by atoms with van der Waals surface area (Å²) in [6.07, 6.45) is 8.76. The molecule has 0 spiro atoms. The Kier molecular flexibility index (Phi) is 7.93. The summed E-state index contributed by atoms with van der Waals surface area (Å²) in [7, 11) is 0. The van der Waals surface area contributed by atoms with Crippen LogP contribution in [0, 0.1) is 40.4 Å². The number of carbonyl (C=O) groups excluding carboxylic acids is 3. The second kappa shape index (κ2) is 10.7. The highest BCUT2D eigenvalue weighted by Crippen LogP contribution is 2.64. The lowest BCUT2D eigenvalue weighted by Crippen LogP contribution is -2.57. The molecular weight excluding hydrogens is 478 g/mol. The lowest BCUT2D eigenvalue weighted by atomic mass is 9.45. The number of carbonyl (C=O) groups is 5. The number of carboxylic acids is 2. The van der Waals surface area contributed by atoms with Crippen molar-refractivity contribution in [2.75, 3.05) is 13.1 Å². The summed E-state index contributed by atoms with van der Waals surface area (Å²) < 4.78 is 5.88. The number of hydrogen-bond donors (Lipinski definition) is 3. The zero-order valence-corrected chi connectivity index (χ0v) is 21.7. The first kappa shape index (κ1) is 27.5. The van der Waals surface area contributed by atoms with E-state index in [1.165, 1.54) is 0 Å². The molecule has 0 aromatic rings. The fraction of sp³-hybridized carbons (Fsp3) is 0.750. The summed E-state index contributed by atoms with van der Waals surface area (Å²) in [4.78, 5) is 57.5. The van der Waals surface area contributed by atoms with Gasteiger partial charge < -0.3 is 20.3 Å². The van der Waals surface area contributed by atoms with Gasteiger partial charge in [-0.05, 0) is 74.7 Å². The van der Waals surface area contributed by atoms with E-state index in [9.17, 15) is 24.0 Å². The van der Waals surface area contributed by atoms with E-state index in [1.807, 2.05) is 0 Å². The Balaban J connectivity index is 0.000000349. The number of esters is 1. The van der Waals surface area contributed by atoms with E-state index in [1.54, 1.807) is 0 Å². The summed E-state index contributed by atoms with van der Waals surface area (Å²) in [5, 5.41) is 18.8. The highest BCUT2D eigenvalue weighted by atomic mass is 16.5. The molecule has 2 unspecified atom stereocenters. The topological polar surface area (TPSA) is 147 Å². The molecule has 1 aliphatic heterocycles. The molecule has 9 heteroatoms. The molecule has 0 bridgehead atoms. The van der Waals surface area contributed by atoms with E-state index in [-0.39, 0.29) is 34.7 Å². The molecule has 0 aromatic carbocycles. The number of rotatable bonds is 4. The number of carboxylic acid groups (broad SMARTS) is 2. The van der Waals surface area contributed by atoms with Gasteiger partial charge in [0.25, 0.3) is 0 Å². The van der Waals surface area contributed by atoms with Gasteiger partial charge in [0, 0.05) is 42.9 Å². The SMILES string of the molecule is C[C@]12CC[C@H](OC(=O)C3CCNC3)CC1C(=O)C[C@@H]1[C@@H]2CC[C@]2(C)C(=O)CC[C@@H]12.O=C(O)/C=C/C(=O)O. The fourth-order valence-corrected chi connectivity index (χ4v) is 8.14. The first-order valence-corrected chi connectivity index (χ1v) is 13.6. The molecule has 0 aromatic heterocycles. The molecule has 0 radical (unpaired) electrons. The minimum Gasteiger partial charge on any atom is -0.478 e. The zero-order valence-electron chi connectivity index (χ0n) is 21.7. The maximum absolute atomic E-state index is 13.3. The first-order valence-electron chi connectivity index (χ1n) is 13.6. The van der Waals surface area contributed by atoms with Crippen LogP contribution < -0.4 is 5.32 Å². The van der Waals surface area contributed by atoms with Gasteiger partial charge in [0.1, 0.15) is 17.7 Å². The van der Waals surface area contributed by atoms with Crippen LogP contribution in [0.1, 0.15) is 71.6 Å². The maximum Gasteiger partial charge on any atom is 0.328 e. The molecule has 1 saturated heterocycles. The predicted molar refractivity (Wildman–Crippen MR) is 132 cm³/mol. The van der Waals surface area contributed by atoms with Crippen LogP contribution in [0.5, 0.6) is 0 Å². The number of aliphatic carboxylic acids is 2. The molecule has 204 valence electrons. The molecule has 3 N–H and O–H groups in total. The van der Waals surface area contributed by atoms with E-state index < -0.39 is 11.9 Å². The Morgan fingerprint density at radius 3 is 2.30 bits per heavy atom. The third-order valence-electron chi connectivity index (χ3n) is 10.2. The summed E-state index contributed by atoms with van der Waals surface area (Å²) >= 11 is 0. The van der Waals surface area contributed by atoms with Gasteiger partial charge in [-0.25, -0.2) is 9.59 Å². The summed E-state index contributed by atoms with van der Waals surface area (Å²) in [5.41, 5.74) is -0.183. The molecule has 4 aliphatic carbocycles. The van der Waals surface area contributed by atoms with Gasteiger partial charge >= 0.3 is 17.9 Å². The minimum atomic E-state index is -1.26. The number of Topliss-reactive ketones (excluding diaryl/α,β-unsaturated/α-hetero) is 2. The molecule has 0 amide bonds. The minimum absolute atomic E-state index is 0.00475. The molecule has 4 saturated carbocycles. The molecule has 1 heterocycles. The Hall–Kier alpha value is -2.55. The van der Waals surface area contributed by atoms with Gasteiger partial charge in [-0.3, -0.25) is 14.4 Å². The number of ketones is 2. The van der Waals surface area contributed by atoms with Crippen LogP contribution in [-0.4, -0.2) is 58.9 Å². The van der Waals surface area contributed by atoms with Gasteiger partial charge in [-0.1, -0.05) is 13.8 Å². The van der Waals surface area contributed by atoms with Crippen LogP contribution in [0.3, 0.4) is 0 Å². The van der Waals surface area contributed by atoms with Gasteiger partial charge in [0.05, 0.1) is 5.92 Å². The molecular formula is C28H39NO8. The molecule has 5 rings (SSSR count). The van der Waals surface area contributed by atoms with Gasteiger partial charge in [-0.15, -0.1) is 0 Å². The Morgan fingerprint density at radius 1 is 0.973 bits per heavy atom. The van der Waals surface area contributed by atoms with E-state index in [4.69, 9.17) is 14.9 Å². The molecule has 37 heavy (non-hydrogen) atoms. The van der Waals surface area contributed by atoms with Crippen molar-refractivity contribution >= 4 is 29.5 Å². The highest BCUT2D eigenvalue weighted by molar-refractivity contribution is 5.90. The Bertz CT molecular complexity index is 969. The molecule has 9 nitrogen and oxygen atoms in total. The van der Waals surface area contributed by atoms with Crippen molar-refractivity contribution in [2.24, 2.45) is 40.4 Å². The van der Waals surface area contributed by atoms with Crippen LogP contribution in [0.15, 0.2) is 12.2 Å². The van der Waals surface area contributed by atoms with E-state index in [0.29, 0.717) is 67.3 Å². The van der Waals surface area contributed by atoms with Gasteiger partial charge in [0.2, 0.25) is 0 Å². The lowest BCUT2D eigenvalue weighted by Gasteiger charge is -2.59. The van der Waals surface area contributed by atoms with Crippen LogP contribution >= 0.6 is 0 Å². The number of hydrogen-bond acceptors (Lipinski definition) is 7. The largest absolute Gasteiger partial charge is 0.478 e. The standard InChI is InChI=1S/C24H35NO4.C4H4O4/c1-23-8-5-15(29-22(28)14-7-10-25-13-14)11-19(23)20(26)12-16-17-3-4-21(27)24(17,2)9-6-18(16)23;5-3(6)1-2-4(7)8/h14-19,25H,3-13H2,1-2H3;1-2H,(H,5,6)(H,7,8)/b;2-1+/t14?,15-,16-,17-,18-,19?,23+,24-;/m0./s1. The average Bonchev–Trinajstić information content (AvgIpc) is 3.48. The van der Waals surface area contributed by atoms with Crippen molar-refractivity contribution in [1.29, 1.82) is 0 Å². The summed E-state index contributed by atoms with van der Waals surface area (Å²) in [5.74, 6) is -0.520.